The lowest BCUT2D eigenvalue weighted by Gasteiger charge is -2.16. The van der Waals surface area contributed by atoms with Crippen molar-refractivity contribution >= 4 is 0 Å². The van der Waals surface area contributed by atoms with E-state index in [2.05, 4.69) is 24.4 Å². The second-order valence-electron chi connectivity index (χ2n) is 2.42. The molecule has 0 amide bonds. The van der Waals surface area contributed by atoms with Crippen LogP contribution in [-0.4, -0.2) is 24.3 Å². The summed E-state index contributed by atoms with van der Waals surface area (Å²) in [6.45, 7) is 4.16. The van der Waals surface area contributed by atoms with Gasteiger partial charge in [0, 0.05) is 0 Å². The van der Waals surface area contributed by atoms with E-state index in [-0.39, 0.29) is 6.23 Å². The van der Waals surface area contributed by atoms with E-state index in [0.717, 1.165) is 6.42 Å². The zero-order chi connectivity index (χ0) is 6.85. The Hall–Kier alpha value is -0.120. The van der Waals surface area contributed by atoms with Gasteiger partial charge in [-0.25, -0.2) is 0 Å². The quantitative estimate of drug-likeness (QED) is 0.560. The third kappa shape index (κ3) is 1.23. The van der Waals surface area contributed by atoms with Crippen LogP contribution in [0.5, 0.6) is 0 Å². The molecule has 54 valence electrons. The first-order chi connectivity index (χ1) is 4.25. The first-order valence-electron chi connectivity index (χ1n) is 3.38. The third-order valence-corrected chi connectivity index (χ3v) is 1.83. The van der Waals surface area contributed by atoms with Crippen molar-refractivity contribution in [1.29, 1.82) is 0 Å². The molecule has 0 radical (unpaired) electrons. The number of hydroxylamine groups is 1. The highest BCUT2D eigenvalue weighted by Gasteiger charge is 2.25. The standard InChI is InChI=1S/C6H14N2O/c1-4-6-7-9-5(2)8(6)3/h5-7H,4H2,1-3H3. The van der Waals surface area contributed by atoms with Crippen LogP contribution in [0.25, 0.3) is 0 Å². The van der Waals surface area contributed by atoms with Crippen molar-refractivity contribution in [2.24, 2.45) is 0 Å². The Labute approximate surface area is 55.9 Å². The Morgan fingerprint density at radius 3 is 2.56 bits per heavy atom. The molecule has 2 unspecified atom stereocenters. The van der Waals surface area contributed by atoms with Crippen LogP contribution in [0.2, 0.25) is 0 Å². The van der Waals surface area contributed by atoms with Crippen LogP contribution < -0.4 is 5.48 Å². The number of nitrogens with zero attached hydrogens (tertiary/aromatic N) is 1. The first-order valence-corrected chi connectivity index (χ1v) is 3.38. The molecule has 9 heavy (non-hydrogen) atoms. The van der Waals surface area contributed by atoms with E-state index in [0.29, 0.717) is 6.17 Å². The lowest BCUT2D eigenvalue weighted by Crippen LogP contribution is -2.33. The van der Waals surface area contributed by atoms with E-state index < -0.39 is 0 Å². The van der Waals surface area contributed by atoms with Gasteiger partial charge in [-0.1, -0.05) is 6.92 Å². The molecule has 0 aromatic carbocycles. The highest BCUT2D eigenvalue weighted by atomic mass is 16.7. The maximum Gasteiger partial charge on any atom is 0.130 e. The molecule has 2 atom stereocenters. The molecule has 1 aliphatic heterocycles. The van der Waals surface area contributed by atoms with Crippen LogP contribution in [0, 0.1) is 0 Å². The molecular formula is C6H14N2O. The highest BCUT2D eigenvalue weighted by molar-refractivity contribution is 4.66. The molecule has 0 saturated carbocycles. The van der Waals surface area contributed by atoms with Gasteiger partial charge >= 0.3 is 0 Å². The largest absolute Gasteiger partial charge is 0.281 e. The fourth-order valence-electron chi connectivity index (χ4n) is 0.968. The SMILES string of the molecule is CCC1NOC(C)N1C. The fourth-order valence-corrected chi connectivity index (χ4v) is 0.968. The van der Waals surface area contributed by atoms with Gasteiger partial charge in [0.1, 0.15) is 6.23 Å². The summed E-state index contributed by atoms with van der Waals surface area (Å²) in [5, 5.41) is 0. The summed E-state index contributed by atoms with van der Waals surface area (Å²) in [6, 6.07) is 0. The third-order valence-electron chi connectivity index (χ3n) is 1.83. The highest BCUT2D eigenvalue weighted by Crippen LogP contribution is 2.10. The Morgan fingerprint density at radius 1 is 1.67 bits per heavy atom. The lowest BCUT2D eigenvalue weighted by molar-refractivity contribution is 0.0104. The molecule has 0 spiro atoms. The van der Waals surface area contributed by atoms with Gasteiger partial charge in [0.2, 0.25) is 0 Å². The number of hydrogen-bond acceptors (Lipinski definition) is 3. The van der Waals surface area contributed by atoms with Gasteiger partial charge in [0.25, 0.3) is 0 Å². The number of hydrogen-bond donors (Lipinski definition) is 1. The molecule has 1 N–H and O–H groups in total. The van der Waals surface area contributed by atoms with Crippen LogP contribution in [0.15, 0.2) is 0 Å². The van der Waals surface area contributed by atoms with E-state index in [9.17, 15) is 0 Å². The minimum atomic E-state index is 0.218. The average molecular weight is 130 g/mol. The molecule has 0 aliphatic carbocycles. The second-order valence-corrected chi connectivity index (χ2v) is 2.42. The molecular weight excluding hydrogens is 116 g/mol. The van der Waals surface area contributed by atoms with Gasteiger partial charge in [-0.15, -0.1) is 0 Å². The zero-order valence-corrected chi connectivity index (χ0v) is 6.22. The van der Waals surface area contributed by atoms with Crippen molar-refractivity contribution in [2.75, 3.05) is 7.05 Å². The van der Waals surface area contributed by atoms with Crippen molar-refractivity contribution in [3.63, 3.8) is 0 Å². The summed E-state index contributed by atoms with van der Waals surface area (Å²) in [5.41, 5.74) is 2.93. The predicted octanol–water partition coefficient (Wildman–Crippen LogP) is 0.535. The van der Waals surface area contributed by atoms with Crippen LogP contribution in [-0.2, 0) is 4.84 Å². The van der Waals surface area contributed by atoms with Crippen molar-refractivity contribution in [3.8, 4) is 0 Å². The summed E-state index contributed by atoms with van der Waals surface area (Å²) in [7, 11) is 2.05. The Kier molecular flexibility index (Phi) is 2.05. The van der Waals surface area contributed by atoms with Gasteiger partial charge in [-0.2, -0.15) is 5.48 Å². The van der Waals surface area contributed by atoms with E-state index in [4.69, 9.17) is 4.84 Å². The number of rotatable bonds is 1. The summed E-state index contributed by atoms with van der Waals surface area (Å²) in [6.07, 6.45) is 1.70. The fraction of sp³-hybridized carbons (Fsp3) is 1.00. The molecule has 1 saturated heterocycles. The van der Waals surface area contributed by atoms with Gasteiger partial charge in [0.05, 0.1) is 6.17 Å². The zero-order valence-electron chi connectivity index (χ0n) is 6.22. The van der Waals surface area contributed by atoms with Crippen molar-refractivity contribution in [3.05, 3.63) is 0 Å². The molecule has 1 aliphatic rings. The van der Waals surface area contributed by atoms with E-state index >= 15 is 0 Å². The van der Waals surface area contributed by atoms with Crippen molar-refractivity contribution in [1.82, 2.24) is 10.4 Å². The Morgan fingerprint density at radius 2 is 2.33 bits per heavy atom. The second kappa shape index (κ2) is 2.64. The van der Waals surface area contributed by atoms with Crippen molar-refractivity contribution in [2.45, 2.75) is 32.7 Å². The number of nitrogens with one attached hydrogen (secondary N) is 1. The normalized spacial score (nSPS) is 37.7. The smallest absolute Gasteiger partial charge is 0.130 e. The van der Waals surface area contributed by atoms with Gasteiger partial charge in [-0.3, -0.25) is 9.74 Å². The summed E-state index contributed by atoms with van der Waals surface area (Å²) in [4.78, 5) is 7.31. The minimum Gasteiger partial charge on any atom is -0.281 e. The molecule has 1 rings (SSSR count). The topological polar surface area (TPSA) is 24.5 Å². The Balaban J connectivity index is 2.41. The lowest BCUT2D eigenvalue weighted by atomic mass is 10.3. The van der Waals surface area contributed by atoms with Crippen LogP contribution in [0.3, 0.4) is 0 Å². The van der Waals surface area contributed by atoms with Gasteiger partial charge < -0.3 is 0 Å². The van der Waals surface area contributed by atoms with E-state index in [1.165, 1.54) is 0 Å². The molecule has 1 fully saturated rings. The minimum absolute atomic E-state index is 0.218. The van der Waals surface area contributed by atoms with E-state index in [1.54, 1.807) is 0 Å². The van der Waals surface area contributed by atoms with Crippen LogP contribution in [0.4, 0.5) is 0 Å². The summed E-state index contributed by atoms with van der Waals surface area (Å²) < 4.78 is 0. The summed E-state index contributed by atoms with van der Waals surface area (Å²) in [5.74, 6) is 0. The van der Waals surface area contributed by atoms with E-state index in [1.807, 2.05) is 6.92 Å². The van der Waals surface area contributed by atoms with Gasteiger partial charge in [-0.05, 0) is 20.4 Å². The monoisotopic (exact) mass is 130 g/mol. The molecule has 0 aromatic rings. The van der Waals surface area contributed by atoms with Gasteiger partial charge in [0.15, 0.2) is 0 Å². The maximum absolute atomic E-state index is 5.14. The molecule has 0 bridgehead atoms. The Bertz CT molecular complexity index is 97.1. The molecule has 3 nitrogen and oxygen atoms in total. The first kappa shape index (κ1) is 6.99. The predicted molar refractivity (Wildman–Crippen MR) is 35.5 cm³/mol. The van der Waals surface area contributed by atoms with Crippen LogP contribution in [0.1, 0.15) is 20.3 Å². The average Bonchev–Trinajstić information content (AvgIpc) is 2.15. The summed E-state index contributed by atoms with van der Waals surface area (Å²) >= 11 is 0. The van der Waals surface area contributed by atoms with Crippen molar-refractivity contribution < 1.29 is 4.84 Å². The maximum atomic E-state index is 5.14. The molecule has 0 aromatic heterocycles. The van der Waals surface area contributed by atoms with Crippen LogP contribution >= 0.6 is 0 Å². The molecule has 3 heteroatoms. The molecule has 1 heterocycles.